The van der Waals surface area contributed by atoms with Crippen LogP contribution in [0.1, 0.15) is 11.1 Å². The third kappa shape index (κ3) is 5.49. The van der Waals surface area contributed by atoms with Gasteiger partial charge in [0, 0.05) is 4.47 Å². The predicted molar refractivity (Wildman–Crippen MR) is 120 cm³/mol. The molecular weight excluding hydrogens is 509 g/mol. The van der Waals surface area contributed by atoms with Gasteiger partial charge < -0.3 is 5.32 Å². The molecule has 0 spiro atoms. The number of nitrogens with zero attached hydrogens (tertiary/aromatic N) is 1. The highest BCUT2D eigenvalue weighted by molar-refractivity contribution is 9.10. The summed E-state index contributed by atoms with van der Waals surface area (Å²) in [6, 6.07) is 16.7. The Morgan fingerprint density at radius 1 is 0.969 bits per heavy atom. The van der Waals surface area contributed by atoms with Crippen molar-refractivity contribution in [2.45, 2.75) is 18.0 Å². The molecule has 0 saturated carbocycles. The van der Waals surface area contributed by atoms with E-state index in [9.17, 15) is 26.4 Å². The van der Waals surface area contributed by atoms with Gasteiger partial charge in [-0.05, 0) is 55.5 Å². The molecule has 0 atom stereocenters. The molecule has 0 saturated heterocycles. The first kappa shape index (κ1) is 23.8. The van der Waals surface area contributed by atoms with Crippen molar-refractivity contribution in [2.75, 3.05) is 16.2 Å². The second-order valence-corrected chi connectivity index (χ2v) is 9.67. The number of halogens is 4. The molecule has 0 fully saturated rings. The molecule has 1 amide bonds. The standard InChI is InChI=1S/C22H18BrF3N2O3S/c1-15-6-12-18(13-7-15)32(30,31)28(17-10-8-16(23)9-11-17)14-21(29)27-20-5-3-2-4-19(20)22(24,25)26/h2-13H,14H2,1H3,(H,27,29). The maximum Gasteiger partial charge on any atom is 0.418 e. The van der Waals surface area contributed by atoms with Crippen molar-refractivity contribution in [1.29, 1.82) is 0 Å². The number of aryl methyl sites for hydroxylation is 1. The van der Waals surface area contributed by atoms with E-state index in [4.69, 9.17) is 0 Å². The maximum absolute atomic E-state index is 13.3. The number of hydrogen-bond donors (Lipinski definition) is 1. The molecular formula is C22H18BrF3N2O3S. The van der Waals surface area contributed by atoms with Crippen LogP contribution in [0.15, 0.2) is 82.2 Å². The van der Waals surface area contributed by atoms with Gasteiger partial charge in [0.1, 0.15) is 6.54 Å². The van der Waals surface area contributed by atoms with E-state index in [2.05, 4.69) is 21.2 Å². The topological polar surface area (TPSA) is 66.5 Å². The molecule has 32 heavy (non-hydrogen) atoms. The summed E-state index contributed by atoms with van der Waals surface area (Å²) >= 11 is 3.27. The van der Waals surface area contributed by atoms with E-state index in [1.165, 1.54) is 36.4 Å². The molecule has 3 aromatic carbocycles. The maximum atomic E-state index is 13.3. The van der Waals surface area contributed by atoms with Crippen LogP contribution in [0, 0.1) is 6.92 Å². The van der Waals surface area contributed by atoms with E-state index in [0.29, 0.717) is 4.47 Å². The Morgan fingerprint density at radius 2 is 1.56 bits per heavy atom. The molecule has 0 aliphatic heterocycles. The first-order valence-corrected chi connectivity index (χ1v) is 11.5. The molecule has 168 valence electrons. The highest BCUT2D eigenvalue weighted by Crippen LogP contribution is 2.34. The Morgan fingerprint density at radius 3 is 2.16 bits per heavy atom. The van der Waals surface area contributed by atoms with Gasteiger partial charge >= 0.3 is 6.18 Å². The van der Waals surface area contributed by atoms with Crippen molar-refractivity contribution in [2.24, 2.45) is 0 Å². The SMILES string of the molecule is Cc1ccc(S(=O)(=O)N(CC(=O)Nc2ccccc2C(F)(F)F)c2ccc(Br)cc2)cc1. The van der Waals surface area contributed by atoms with E-state index in [1.54, 1.807) is 31.2 Å². The summed E-state index contributed by atoms with van der Waals surface area (Å²) in [5.41, 5.74) is -0.438. The number of para-hydroxylation sites is 1. The van der Waals surface area contributed by atoms with Crippen molar-refractivity contribution >= 4 is 43.2 Å². The van der Waals surface area contributed by atoms with Gasteiger partial charge in [-0.2, -0.15) is 13.2 Å². The van der Waals surface area contributed by atoms with Gasteiger partial charge in [0.05, 0.1) is 21.8 Å². The summed E-state index contributed by atoms with van der Waals surface area (Å²) in [5.74, 6) is -0.916. The lowest BCUT2D eigenvalue weighted by atomic mass is 10.1. The minimum atomic E-state index is -4.68. The van der Waals surface area contributed by atoms with Crippen LogP contribution in [0.3, 0.4) is 0 Å². The summed E-state index contributed by atoms with van der Waals surface area (Å²) in [6.45, 7) is 1.08. The fourth-order valence-electron chi connectivity index (χ4n) is 2.92. The van der Waals surface area contributed by atoms with Crippen molar-refractivity contribution in [1.82, 2.24) is 0 Å². The van der Waals surface area contributed by atoms with Crippen LogP contribution in [0.25, 0.3) is 0 Å². The number of carbonyl (C=O) groups excluding carboxylic acids is 1. The van der Waals surface area contributed by atoms with Gasteiger partial charge in [0.25, 0.3) is 10.0 Å². The van der Waals surface area contributed by atoms with Gasteiger partial charge in [-0.15, -0.1) is 0 Å². The fourth-order valence-corrected chi connectivity index (χ4v) is 4.60. The fraction of sp³-hybridized carbons (Fsp3) is 0.136. The van der Waals surface area contributed by atoms with Gasteiger partial charge in [-0.25, -0.2) is 8.42 Å². The van der Waals surface area contributed by atoms with E-state index in [0.717, 1.165) is 22.0 Å². The number of hydrogen-bond acceptors (Lipinski definition) is 3. The largest absolute Gasteiger partial charge is 0.418 e. The molecule has 10 heteroatoms. The van der Waals surface area contributed by atoms with Gasteiger partial charge in [0.2, 0.25) is 5.91 Å². The van der Waals surface area contributed by atoms with Crippen molar-refractivity contribution < 1.29 is 26.4 Å². The quantitative estimate of drug-likeness (QED) is 0.453. The van der Waals surface area contributed by atoms with Gasteiger partial charge in [0.15, 0.2) is 0 Å². The zero-order chi connectivity index (χ0) is 23.5. The zero-order valence-corrected chi connectivity index (χ0v) is 19.1. The monoisotopic (exact) mass is 526 g/mol. The molecule has 0 heterocycles. The summed E-state index contributed by atoms with van der Waals surface area (Å²) in [6.07, 6.45) is -4.68. The van der Waals surface area contributed by atoms with Crippen LogP contribution in [0.5, 0.6) is 0 Å². The van der Waals surface area contributed by atoms with Crippen LogP contribution < -0.4 is 9.62 Å². The molecule has 0 unspecified atom stereocenters. The zero-order valence-electron chi connectivity index (χ0n) is 16.7. The van der Waals surface area contributed by atoms with Crippen LogP contribution in [0.4, 0.5) is 24.5 Å². The minimum absolute atomic E-state index is 0.0467. The molecule has 5 nitrogen and oxygen atoms in total. The molecule has 0 radical (unpaired) electrons. The average Bonchev–Trinajstić information content (AvgIpc) is 2.72. The number of rotatable bonds is 6. The predicted octanol–water partition coefficient (Wildman–Crippen LogP) is 5.61. The summed E-state index contributed by atoms with van der Waals surface area (Å²) in [7, 11) is -4.17. The number of anilines is 2. The van der Waals surface area contributed by atoms with E-state index >= 15 is 0 Å². The van der Waals surface area contributed by atoms with E-state index in [-0.39, 0.29) is 10.6 Å². The highest BCUT2D eigenvalue weighted by Gasteiger charge is 2.34. The minimum Gasteiger partial charge on any atom is -0.324 e. The lowest BCUT2D eigenvalue weighted by Gasteiger charge is -2.24. The van der Waals surface area contributed by atoms with Crippen LogP contribution in [-0.4, -0.2) is 20.9 Å². The highest BCUT2D eigenvalue weighted by atomic mass is 79.9. The Bertz CT molecular complexity index is 1210. The number of sulfonamides is 1. The Labute approximate surface area is 192 Å². The van der Waals surface area contributed by atoms with Crippen molar-refractivity contribution in [3.63, 3.8) is 0 Å². The number of benzene rings is 3. The van der Waals surface area contributed by atoms with Gasteiger partial charge in [-0.3, -0.25) is 9.10 Å². The number of nitrogens with one attached hydrogen (secondary N) is 1. The molecule has 3 aromatic rings. The lowest BCUT2D eigenvalue weighted by Crippen LogP contribution is -2.38. The first-order chi connectivity index (χ1) is 15.0. The Kier molecular flexibility index (Phi) is 6.94. The number of amides is 1. The average molecular weight is 527 g/mol. The van der Waals surface area contributed by atoms with Crippen LogP contribution >= 0.6 is 15.9 Å². The lowest BCUT2D eigenvalue weighted by molar-refractivity contribution is -0.137. The second-order valence-electron chi connectivity index (χ2n) is 6.89. The Balaban J connectivity index is 1.96. The molecule has 0 aliphatic carbocycles. The molecule has 3 rings (SSSR count). The molecule has 0 aliphatic rings. The van der Waals surface area contributed by atoms with Crippen LogP contribution in [-0.2, 0) is 21.0 Å². The van der Waals surface area contributed by atoms with Crippen molar-refractivity contribution in [3.05, 3.63) is 88.4 Å². The molecule has 0 bridgehead atoms. The summed E-state index contributed by atoms with van der Waals surface area (Å²) in [5, 5.41) is 2.19. The van der Waals surface area contributed by atoms with E-state index in [1.807, 2.05) is 0 Å². The van der Waals surface area contributed by atoms with Gasteiger partial charge in [-0.1, -0.05) is 45.8 Å². The van der Waals surface area contributed by atoms with E-state index < -0.39 is 39.9 Å². The van der Waals surface area contributed by atoms with Crippen LogP contribution in [0.2, 0.25) is 0 Å². The second kappa shape index (κ2) is 9.33. The molecule has 1 N–H and O–H groups in total. The van der Waals surface area contributed by atoms with Crippen molar-refractivity contribution in [3.8, 4) is 0 Å². The molecule has 0 aromatic heterocycles. The third-order valence-corrected chi connectivity index (χ3v) is 6.83. The summed E-state index contributed by atoms with van der Waals surface area (Å²) < 4.78 is 67.9. The number of alkyl halides is 3. The summed E-state index contributed by atoms with van der Waals surface area (Å²) in [4.78, 5) is 12.6. The number of carbonyl (C=O) groups is 1. The normalized spacial score (nSPS) is 11.8. The first-order valence-electron chi connectivity index (χ1n) is 9.29. The Hall–Kier alpha value is -2.85. The smallest absolute Gasteiger partial charge is 0.324 e. The third-order valence-electron chi connectivity index (χ3n) is 4.52.